The number of hydrogen-bond acceptors (Lipinski definition) is 10. The molecule has 14 nitrogen and oxygen atoms in total. The fourth-order valence-electron chi connectivity index (χ4n) is 5.21. The van der Waals surface area contributed by atoms with E-state index < -0.39 is 0 Å². The van der Waals surface area contributed by atoms with E-state index in [2.05, 4.69) is 41.0 Å². The van der Waals surface area contributed by atoms with Crippen molar-refractivity contribution < 1.29 is 14.3 Å². The molecule has 1 saturated heterocycles. The van der Waals surface area contributed by atoms with Gasteiger partial charge in [0, 0.05) is 62.3 Å². The summed E-state index contributed by atoms with van der Waals surface area (Å²) in [6.07, 6.45) is 7.11. The zero-order chi connectivity index (χ0) is 30.8. The van der Waals surface area contributed by atoms with Gasteiger partial charge in [0.15, 0.2) is 5.82 Å². The standard InChI is InChI=1S/C30H33N11O3/c1-17-11-34-30(37-24-10-18(2)40(4)39-24)38-27(17)21-12-33-28-20(21)6-5-7-22(28)35-25(42)16-41-9-8-19(15-41)44-26-14-32-13-23(36-26)29(43)31-3/h5-7,10-14,19,33H,8-9,15-16H2,1-4H3,(H,31,43)(H,35,42)(H,34,37,38,39)/t19-/m0/s1. The van der Waals surface area contributed by atoms with Gasteiger partial charge >= 0.3 is 0 Å². The van der Waals surface area contributed by atoms with Crippen molar-refractivity contribution >= 4 is 40.2 Å². The quantitative estimate of drug-likeness (QED) is 0.199. The summed E-state index contributed by atoms with van der Waals surface area (Å²) in [5.74, 6) is 0.933. The van der Waals surface area contributed by atoms with Crippen molar-refractivity contribution in [3.63, 3.8) is 0 Å². The van der Waals surface area contributed by atoms with Crippen molar-refractivity contribution in [1.29, 1.82) is 0 Å². The number of benzene rings is 1. The van der Waals surface area contributed by atoms with Gasteiger partial charge in [-0.2, -0.15) is 5.10 Å². The Hall–Kier alpha value is -5.37. The number of rotatable bonds is 9. The van der Waals surface area contributed by atoms with E-state index in [1.807, 2.05) is 56.3 Å². The molecule has 1 aliphatic heterocycles. The van der Waals surface area contributed by atoms with Crippen LogP contribution < -0.4 is 20.7 Å². The number of para-hydroxylation sites is 1. The third-order valence-electron chi connectivity index (χ3n) is 7.53. The highest BCUT2D eigenvalue weighted by molar-refractivity contribution is 6.06. The number of nitrogens with zero attached hydrogens (tertiary/aromatic N) is 7. The summed E-state index contributed by atoms with van der Waals surface area (Å²) >= 11 is 0. The number of likely N-dealkylation sites (tertiary alicyclic amines) is 1. The molecule has 0 radical (unpaired) electrons. The lowest BCUT2D eigenvalue weighted by Gasteiger charge is -2.16. The second-order valence-electron chi connectivity index (χ2n) is 10.7. The molecular weight excluding hydrogens is 562 g/mol. The fraction of sp³-hybridized carbons (Fsp3) is 0.300. The lowest BCUT2D eigenvalue weighted by molar-refractivity contribution is -0.117. The Morgan fingerprint density at radius 3 is 2.82 bits per heavy atom. The monoisotopic (exact) mass is 595 g/mol. The van der Waals surface area contributed by atoms with E-state index in [4.69, 9.17) is 9.72 Å². The molecule has 0 spiro atoms. The highest BCUT2D eigenvalue weighted by Gasteiger charge is 2.26. The summed E-state index contributed by atoms with van der Waals surface area (Å²) < 4.78 is 7.73. The van der Waals surface area contributed by atoms with Gasteiger partial charge in [-0.05, 0) is 31.9 Å². The van der Waals surface area contributed by atoms with E-state index in [0.717, 1.165) is 39.8 Å². The van der Waals surface area contributed by atoms with Crippen LogP contribution in [0.25, 0.3) is 22.2 Å². The van der Waals surface area contributed by atoms with Crippen LogP contribution in [-0.4, -0.2) is 84.2 Å². The lowest BCUT2D eigenvalue weighted by atomic mass is 10.1. The normalized spacial score (nSPS) is 15.0. The van der Waals surface area contributed by atoms with Crippen LogP contribution in [0.4, 0.5) is 17.5 Å². The molecular formula is C30H33N11O3. The summed E-state index contributed by atoms with van der Waals surface area (Å²) in [5.41, 5.74) is 5.29. The number of aromatic nitrogens is 7. The van der Waals surface area contributed by atoms with Gasteiger partial charge in [0.2, 0.25) is 17.7 Å². The minimum absolute atomic E-state index is 0.133. The van der Waals surface area contributed by atoms with Crippen LogP contribution in [-0.2, 0) is 11.8 Å². The van der Waals surface area contributed by atoms with Crippen LogP contribution in [0.5, 0.6) is 5.88 Å². The van der Waals surface area contributed by atoms with E-state index in [0.29, 0.717) is 30.5 Å². The van der Waals surface area contributed by atoms with Crippen LogP contribution in [0.1, 0.15) is 28.2 Å². The molecule has 1 aliphatic rings. The maximum absolute atomic E-state index is 13.1. The highest BCUT2D eigenvalue weighted by atomic mass is 16.5. The lowest BCUT2D eigenvalue weighted by Crippen LogP contribution is -2.33. The molecule has 1 fully saturated rings. The second kappa shape index (κ2) is 12.1. The number of amides is 2. The zero-order valence-corrected chi connectivity index (χ0v) is 24.9. The zero-order valence-electron chi connectivity index (χ0n) is 24.9. The van der Waals surface area contributed by atoms with Gasteiger partial charge in [-0.1, -0.05) is 12.1 Å². The van der Waals surface area contributed by atoms with Gasteiger partial charge < -0.3 is 25.7 Å². The predicted octanol–water partition coefficient (Wildman–Crippen LogP) is 2.96. The molecule has 1 aromatic carbocycles. The number of nitrogens with one attached hydrogen (secondary N) is 4. The molecule has 4 N–H and O–H groups in total. The number of hydrogen-bond donors (Lipinski definition) is 4. The molecule has 1 atom stereocenters. The van der Waals surface area contributed by atoms with Crippen molar-refractivity contribution in [2.75, 3.05) is 37.3 Å². The Morgan fingerprint density at radius 2 is 2.02 bits per heavy atom. The van der Waals surface area contributed by atoms with Crippen LogP contribution in [0.2, 0.25) is 0 Å². The fourth-order valence-corrected chi connectivity index (χ4v) is 5.21. The average Bonchev–Trinajstić information content (AvgIpc) is 3.72. The molecule has 5 heterocycles. The Kier molecular flexibility index (Phi) is 7.89. The van der Waals surface area contributed by atoms with Gasteiger partial charge in [-0.15, -0.1) is 0 Å². The first-order chi connectivity index (χ1) is 21.3. The minimum atomic E-state index is -0.332. The Morgan fingerprint density at radius 1 is 1.16 bits per heavy atom. The molecule has 2 amide bonds. The van der Waals surface area contributed by atoms with Crippen LogP contribution >= 0.6 is 0 Å². The smallest absolute Gasteiger partial charge is 0.271 e. The first kappa shape index (κ1) is 28.7. The van der Waals surface area contributed by atoms with Gasteiger partial charge in [0.25, 0.3) is 5.91 Å². The Bertz CT molecular complexity index is 1830. The number of aryl methyl sites for hydroxylation is 3. The maximum atomic E-state index is 13.1. The van der Waals surface area contributed by atoms with E-state index in [1.54, 1.807) is 10.9 Å². The number of ether oxygens (including phenoxy) is 1. The van der Waals surface area contributed by atoms with E-state index in [1.165, 1.54) is 19.4 Å². The summed E-state index contributed by atoms with van der Waals surface area (Å²) in [7, 11) is 3.42. The number of carbonyl (C=O) groups is 2. The largest absolute Gasteiger partial charge is 0.472 e. The third kappa shape index (κ3) is 6.06. The van der Waals surface area contributed by atoms with Crippen molar-refractivity contribution in [3.8, 4) is 17.1 Å². The van der Waals surface area contributed by atoms with Crippen LogP contribution in [0, 0.1) is 13.8 Å². The van der Waals surface area contributed by atoms with Gasteiger partial charge in [0.05, 0.1) is 35.8 Å². The number of fused-ring (bicyclic) bond motifs is 1. The number of anilines is 3. The Labute approximate surface area is 253 Å². The summed E-state index contributed by atoms with van der Waals surface area (Å²) in [4.78, 5) is 47.8. The molecule has 226 valence electrons. The summed E-state index contributed by atoms with van der Waals surface area (Å²) in [6.45, 7) is 5.40. The number of carbonyl (C=O) groups excluding carboxylic acids is 2. The molecule has 6 rings (SSSR count). The minimum Gasteiger partial charge on any atom is -0.472 e. The topological polar surface area (TPSA) is 168 Å². The van der Waals surface area contributed by atoms with Crippen LogP contribution in [0.15, 0.2) is 49.1 Å². The Balaban J connectivity index is 1.12. The average molecular weight is 596 g/mol. The number of aromatic amines is 1. The summed E-state index contributed by atoms with van der Waals surface area (Å²) in [5, 5.41) is 14.1. The molecule has 0 bridgehead atoms. The molecule has 4 aromatic heterocycles. The first-order valence-corrected chi connectivity index (χ1v) is 14.2. The van der Waals surface area contributed by atoms with E-state index in [-0.39, 0.29) is 36.0 Å². The van der Waals surface area contributed by atoms with E-state index >= 15 is 0 Å². The predicted molar refractivity (Wildman–Crippen MR) is 165 cm³/mol. The highest BCUT2D eigenvalue weighted by Crippen LogP contribution is 2.33. The van der Waals surface area contributed by atoms with Crippen molar-refractivity contribution in [2.45, 2.75) is 26.4 Å². The molecule has 5 aromatic rings. The third-order valence-corrected chi connectivity index (χ3v) is 7.53. The van der Waals surface area contributed by atoms with Crippen LogP contribution in [0.3, 0.4) is 0 Å². The van der Waals surface area contributed by atoms with Crippen molar-refractivity contribution in [1.82, 2.24) is 44.9 Å². The van der Waals surface area contributed by atoms with Crippen molar-refractivity contribution in [2.24, 2.45) is 7.05 Å². The second-order valence-corrected chi connectivity index (χ2v) is 10.7. The SMILES string of the molecule is CNC(=O)c1cncc(O[C@H]2CCN(CC(=O)Nc3cccc4c(-c5nc(Nc6cc(C)n(C)n6)ncc5C)c[nH]c34)C2)n1. The molecule has 0 unspecified atom stereocenters. The molecule has 44 heavy (non-hydrogen) atoms. The van der Waals surface area contributed by atoms with Gasteiger partial charge in [0.1, 0.15) is 11.8 Å². The van der Waals surface area contributed by atoms with Crippen molar-refractivity contribution in [3.05, 3.63) is 66.0 Å². The van der Waals surface area contributed by atoms with E-state index in [9.17, 15) is 9.59 Å². The van der Waals surface area contributed by atoms with Gasteiger partial charge in [-0.3, -0.25) is 24.2 Å². The first-order valence-electron chi connectivity index (χ1n) is 14.2. The maximum Gasteiger partial charge on any atom is 0.271 e. The summed E-state index contributed by atoms with van der Waals surface area (Å²) in [6, 6.07) is 7.71. The molecule has 0 saturated carbocycles. The number of H-pyrrole nitrogens is 1. The van der Waals surface area contributed by atoms with Gasteiger partial charge in [-0.25, -0.2) is 15.0 Å². The molecule has 14 heteroatoms. The molecule has 0 aliphatic carbocycles.